The zero-order valence-electron chi connectivity index (χ0n) is 12.0. The molecule has 0 N–H and O–H groups in total. The normalized spacial score (nSPS) is 16.3. The number of rotatable bonds is 4. The molecule has 0 aliphatic carbocycles. The lowest BCUT2D eigenvalue weighted by Gasteiger charge is -2.34. The molecule has 1 saturated heterocycles. The number of piperazine rings is 1. The smallest absolute Gasteiger partial charge is 0.266 e. The molecule has 112 valence electrons. The Morgan fingerprint density at radius 2 is 2.00 bits per heavy atom. The largest absolute Gasteiger partial charge is 0.352 e. The van der Waals surface area contributed by atoms with Crippen LogP contribution in [-0.2, 0) is 6.54 Å². The van der Waals surface area contributed by atoms with Crippen molar-refractivity contribution < 1.29 is 0 Å². The average molecular weight is 306 g/mol. The van der Waals surface area contributed by atoms with Gasteiger partial charge < -0.3 is 4.90 Å². The number of nitrogens with zero attached hydrogens (tertiary/aromatic N) is 6. The van der Waals surface area contributed by atoms with Crippen LogP contribution in [0.5, 0.6) is 0 Å². The molecule has 0 aromatic carbocycles. The summed E-state index contributed by atoms with van der Waals surface area (Å²) in [5, 5.41) is 4.26. The van der Waals surface area contributed by atoms with Gasteiger partial charge in [0.1, 0.15) is 0 Å². The Bertz CT molecular complexity index is 632. The molecule has 3 rings (SSSR count). The van der Waals surface area contributed by atoms with E-state index >= 15 is 0 Å². The predicted molar refractivity (Wildman–Crippen MR) is 81.8 cm³/mol. The van der Waals surface area contributed by atoms with Gasteiger partial charge in [0, 0.05) is 38.8 Å². The van der Waals surface area contributed by atoms with Gasteiger partial charge in [0.15, 0.2) is 5.82 Å². The molecule has 0 spiro atoms. The maximum Gasteiger partial charge on any atom is 0.266 e. The average Bonchev–Trinajstić information content (AvgIpc) is 3.03. The van der Waals surface area contributed by atoms with E-state index in [-0.39, 0.29) is 5.56 Å². The highest BCUT2D eigenvalue weighted by Gasteiger charge is 2.18. The van der Waals surface area contributed by atoms with Gasteiger partial charge in [-0.3, -0.25) is 9.69 Å². The maximum atomic E-state index is 11.7. The van der Waals surface area contributed by atoms with Gasteiger partial charge in [-0.1, -0.05) is 0 Å². The minimum atomic E-state index is -0.0345. The van der Waals surface area contributed by atoms with Crippen LogP contribution < -0.4 is 10.5 Å². The Morgan fingerprint density at radius 3 is 2.71 bits per heavy atom. The summed E-state index contributed by atoms with van der Waals surface area (Å²) in [5.41, 5.74) is 0.836. The number of anilines is 1. The van der Waals surface area contributed by atoms with Crippen molar-refractivity contribution in [3.63, 3.8) is 0 Å². The van der Waals surface area contributed by atoms with Gasteiger partial charge in [-0.25, -0.2) is 4.68 Å². The maximum absolute atomic E-state index is 11.7. The second-order valence-corrected chi connectivity index (χ2v) is 5.69. The molecule has 7 nitrogen and oxygen atoms in total. The first-order chi connectivity index (χ1) is 10.2. The highest BCUT2D eigenvalue weighted by molar-refractivity contribution is 6.99. The first-order valence-electron chi connectivity index (χ1n) is 7.02. The van der Waals surface area contributed by atoms with Crippen molar-refractivity contribution in [1.29, 1.82) is 0 Å². The monoisotopic (exact) mass is 306 g/mol. The van der Waals surface area contributed by atoms with Gasteiger partial charge in [-0.15, -0.1) is 0 Å². The van der Waals surface area contributed by atoms with Crippen LogP contribution in [0.25, 0.3) is 0 Å². The number of aryl methyl sites for hydroxylation is 1. The van der Waals surface area contributed by atoms with Crippen LogP contribution in [0, 0.1) is 6.92 Å². The Labute approximate surface area is 127 Å². The molecule has 0 bridgehead atoms. The lowest BCUT2D eigenvalue weighted by atomic mass is 10.3. The van der Waals surface area contributed by atoms with Crippen LogP contribution in [0.4, 0.5) is 5.82 Å². The highest BCUT2D eigenvalue weighted by Crippen LogP contribution is 2.13. The van der Waals surface area contributed by atoms with Gasteiger partial charge in [-0.05, 0) is 13.0 Å². The van der Waals surface area contributed by atoms with Crippen LogP contribution in [0.3, 0.4) is 0 Å². The molecule has 2 aromatic heterocycles. The van der Waals surface area contributed by atoms with Crippen LogP contribution >= 0.6 is 11.7 Å². The molecule has 1 fully saturated rings. The zero-order valence-corrected chi connectivity index (χ0v) is 12.8. The van der Waals surface area contributed by atoms with Crippen LogP contribution in [0.1, 0.15) is 5.69 Å². The van der Waals surface area contributed by atoms with Crippen molar-refractivity contribution >= 4 is 17.5 Å². The Morgan fingerprint density at radius 1 is 1.19 bits per heavy atom. The van der Waals surface area contributed by atoms with E-state index in [0.717, 1.165) is 44.2 Å². The third kappa shape index (κ3) is 3.45. The van der Waals surface area contributed by atoms with Crippen LogP contribution in [0.2, 0.25) is 0 Å². The first-order valence-corrected chi connectivity index (χ1v) is 7.75. The van der Waals surface area contributed by atoms with E-state index in [9.17, 15) is 4.79 Å². The summed E-state index contributed by atoms with van der Waals surface area (Å²) >= 11 is 1.24. The molecule has 0 amide bonds. The fourth-order valence-electron chi connectivity index (χ4n) is 2.45. The summed E-state index contributed by atoms with van der Waals surface area (Å²) in [6.45, 7) is 7.22. The van der Waals surface area contributed by atoms with Crippen molar-refractivity contribution in [3.8, 4) is 0 Å². The van der Waals surface area contributed by atoms with E-state index in [1.54, 1.807) is 16.8 Å². The van der Waals surface area contributed by atoms with Crippen molar-refractivity contribution in [2.24, 2.45) is 0 Å². The lowest BCUT2D eigenvalue weighted by Crippen LogP contribution is -2.47. The number of hydrogen-bond donors (Lipinski definition) is 0. The van der Waals surface area contributed by atoms with Gasteiger partial charge in [0.2, 0.25) is 0 Å². The summed E-state index contributed by atoms with van der Waals surface area (Å²) in [5.74, 6) is 0.969. The van der Waals surface area contributed by atoms with Crippen molar-refractivity contribution in [3.05, 3.63) is 34.4 Å². The van der Waals surface area contributed by atoms with Crippen molar-refractivity contribution in [2.75, 3.05) is 37.6 Å². The fraction of sp³-hybridized carbons (Fsp3) is 0.538. The second kappa shape index (κ2) is 6.31. The third-order valence-corrected chi connectivity index (χ3v) is 4.14. The molecule has 1 aliphatic heterocycles. The molecule has 0 unspecified atom stereocenters. The van der Waals surface area contributed by atoms with Crippen molar-refractivity contribution in [2.45, 2.75) is 13.5 Å². The molecule has 1 aliphatic rings. The molecule has 8 heteroatoms. The predicted octanol–water partition coefficient (Wildman–Crippen LogP) is 0.225. The van der Waals surface area contributed by atoms with Crippen LogP contribution in [-0.4, -0.2) is 56.2 Å². The topological polar surface area (TPSA) is 67.2 Å². The second-order valence-electron chi connectivity index (χ2n) is 5.13. The standard InChI is InChI=1S/C13H18N6OS/c1-11-2-3-13(20)19(15-11)9-6-17-4-7-18(8-5-17)12-10-14-21-16-12/h2-3,10H,4-9H2,1H3. The van der Waals surface area contributed by atoms with Gasteiger partial charge >= 0.3 is 0 Å². The summed E-state index contributed by atoms with van der Waals surface area (Å²) in [7, 11) is 0. The van der Waals surface area contributed by atoms with Gasteiger partial charge in [-0.2, -0.15) is 13.8 Å². The van der Waals surface area contributed by atoms with Gasteiger partial charge in [0.25, 0.3) is 5.56 Å². The summed E-state index contributed by atoms with van der Waals surface area (Å²) in [4.78, 5) is 16.3. The highest BCUT2D eigenvalue weighted by atomic mass is 32.1. The Kier molecular flexibility index (Phi) is 4.26. The first kappa shape index (κ1) is 14.2. The number of aromatic nitrogens is 4. The molecular formula is C13H18N6OS. The quantitative estimate of drug-likeness (QED) is 0.805. The van der Waals surface area contributed by atoms with E-state index in [4.69, 9.17) is 0 Å². The summed E-state index contributed by atoms with van der Waals surface area (Å²) in [6.07, 6.45) is 1.82. The fourth-order valence-corrected chi connectivity index (χ4v) is 2.88. The van der Waals surface area contributed by atoms with E-state index in [2.05, 4.69) is 23.6 Å². The zero-order chi connectivity index (χ0) is 14.7. The van der Waals surface area contributed by atoms with Crippen molar-refractivity contribution in [1.82, 2.24) is 23.4 Å². The minimum Gasteiger partial charge on any atom is -0.352 e. The lowest BCUT2D eigenvalue weighted by molar-refractivity contribution is 0.242. The van der Waals surface area contributed by atoms with Gasteiger partial charge in [0.05, 0.1) is 30.2 Å². The molecule has 0 atom stereocenters. The van der Waals surface area contributed by atoms with Crippen LogP contribution in [0.15, 0.2) is 23.1 Å². The minimum absolute atomic E-state index is 0.0345. The molecular weight excluding hydrogens is 288 g/mol. The van der Waals surface area contributed by atoms with E-state index in [1.807, 2.05) is 13.1 Å². The number of hydrogen-bond acceptors (Lipinski definition) is 7. The molecule has 2 aromatic rings. The summed E-state index contributed by atoms with van der Waals surface area (Å²) < 4.78 is 9.85. The Balaban J connectivity index is 1.52. The SMILES string of the molecule is Cc1ccc(=O)n(CCN2CCN(c3cnsn3)CC2)n1. The Hall–Kier alpha value is -1.80. The van der Waals surface area contributed by atoms with E-state index < -0.39 is 0 Å². The van der Waals surface area contributed by atoms with E-state index in [0.29, 0.717) is 6.54 Å². The molecule has 3 heterocycles. The van der Waals surface area contributed by atoms with E-state index in [1.165, 1.54) is 11.7 Å². The molecule has 0 saturated carbocycles. The third-order valence-electron chi connectivity index (χ3n) is 3.67. The molecule has 21 heavy (non-hydrogen) atoms. The molecule has 0 radical (unpaired) electrons. The summed E-state index contributed by atoms with van der Waals surface area (Å²) in [6, 6.07) is 3.33.